The van der Waals surface area contributed by atoms with Gasteiger partial charge in [-0.2, -0.15) is 5.10 Å². The highest BCUT2D eigenvalue weighted by Crippen LogP contribution is 2.29. The summed E-state index contributed by atoms with van der Waals surface area (Å²) in [4.78, 5) is 19.4. The standard InChI is InChI=1S/C10H10BrN5OS/c1-15-6-5(16(2)14-7(6)11)4-8(15)12-10(18-3)13-9(4)17/h1-3H3,(H,12,13,17). The molecule has 94 valence electrons. The molecule has 18 heavy (non-hydrogen) atoms. The second-order valence-electron chi connectivity index (χ2n) is 3.94. The summed E-state index contributed by atoms with van der Waals surface area (Å²) >= 11 is 4.82. The summed E-state index contributed by atoms with van der Waals surface area (Å²) in [6.45, 7) is 0. The Morgan fingerprint density at radius 1 is 1.33 bits per heavy atom. The van der Waals surface area contributed by atoms with Crippen molar-refractivity contribution in [3.63, 3.8) is 0 Å². The third-order valence-corrected chi connectivity index (χ3v) is 4.06. The fraction of sp³-hybridized carbons (Fsp3) is 0.300. The Balaban J connectivity index is 2.65. The van der Waals surface area contributed by atoms with Gasteiger partial charge in [-0.1, -0.05) is 11.8 Å². The van der Waals surface area contributed by atoms with Crippen molar-refractivity contribution in [2.75, 3.05) is 6.26 Å². The summed E-state index contributed by atoms with van der Waals surface area (Å²) in [5.41, 5.74) is 2.21. The predicted molar refractivity (Wildman–Crippen MR) is 75.1 cm³/mol. The van der Waals surface area contributed by atoms with Crippen LogP contribution in [0, 0.1) is 0 Å². The van der Waals surface area contributed by atoms with Crippen LogP contribution < -0.4 is 5.56 Å². The quantitative estimate of drug-likeness (QED) is 0.545. The van der Waals surface area contributed by atoms with Crippen LogP contribution in [0.3, 0.4) is 0 Å². The maximum absolute atomic E-state index is 12.2. The number of fused-ring (bicyclic) bond motifs is 3. The minimum atomic E-state index is -0.134. The normalized spacial score (nSPS) is 11.8. The molecule has 0 aliphatic rings. The molecule has 3 heterocycles. The van der Waals surface area contributed by atoms with Gasteiger partial charge in [0.15, 0.2) is 15.4 Å². The van der Waals surface area contributed by atoms with Crippen LogP contribution in [0.5, 0.6) is 0 Å². The maximum atomic E-state index is 12.2. The van der Waals surface area contributed by atoms with Gasteiger partial charge in [0.25, 0.3) is 5.56 Å². The molecule has 0 unspecified atom stereocenters. The SMILES string of the molecule is CSc1nc2c(c(=O)[nH]1)c1c(c(Br)nn1C)n2C. The number of aromatic amines is 1. The lowest BCUT2D eigenvalue weighted by Gasteiger charge is -1.99. The molecule has 0 aliphatic heterocycles. The summed E-state index contributed by atoms with van der Waals surface area (Å²) in [6.07, 6.45) is 1.88. The number of H-pyrrole nitrogens is 1. The molecule has 0 radical (unpaired) electrons. The third-order valence-electron chi connectivity index (χ3n) is 2.94. The van der Waals surface area contributed by atoms with Gasteiger partial charge in [-0.15, -0.1) is 0 Å². The minimum absolute atomic E-state index is 0.134. The molecule has 0 saturated carbocycles. The zero-order valence-electron chi connectivity index (χ0n) is 9.98. The van der Waals surface area contributed by atoms with Crippen molar-refractivity contribution in [1.29, 1.82) is 0 Å². The summed E-state index contributed by atoms with van der Waals surface area (Å²) in [6, 6.07) is 0. The van der Waals surface area contributed by atoms with Crippen LogP contribution in [0.4, 0.5) is 0 Å². The fourth-order valence-electron chi connectivity index (χ4n) is 2.16. The first-order valence-electron chi connectivity index (χ1n) is 5.19. The van der Waals surface area contributed by atoms with Crippen LogP contribution in [-0.4, -0.2) is 30.6 Å². The number of halogens is 1. The van der Waals surface area contributed by atoms with Crippen molar-refractivity contribution in [3.05, 3.63) is 15.0 Å². The molecule has 3 aromatic heterocycles. The molecule has 0 bridgehead atoms. The van der Waals surface area contributed by atoms with E-state index in [-0.39, 0.29) is 5.56 Å². The molecule has 0 aromatic carbocycles. The third kappa shape index (κ3) is 1.39. The van der Waals surface area contributed by atoms with Crippen molar-refractivity contribution < 1.29 is 0 Å². The molecule has 8 heteroatoms. The average Bonchev–Trinajstić information content (AvgIpc) is 2.78. The van der Waals surface area contributed by atoms with E-state index in [2.05, 4.69) is 31.0 Å². The second-order valence-corrected chi connectivity index (χ2v) is 5.49. The zero-order chi connectivity index (χ0) is 13.0. The molecule has 3 aromatic rings. The van der Waals surface area contributed by atoms with Crippen LogP contribution in [0.15, 0.2) is 14.6 Å². The zero-order valence-corrected chi connectivity index (χ0v) is 12.4. The average molecular weight is 328 g/mol. The van der Waals surface area contributed by atoms with Crippen LogP contribution in [0.1, 0.15) is 0 Å². The van der Waals surface area contributed by atoms with E-state index in [1.54, 1.807) is 4.68 Å². The number of hydrogen-bond acceptors (Lipinski definition) is 4. The molecule has 6 nitrogen and oxygen atoms in total. The lowest BCUT2D eigenvalue weighted by molar-refractivity contribution is 0.789. The molecule has 1 N–H and O–H groups in total. The largest absolute Gasteiger partial charge is 0.325 e. The van der Waals surface area contributed by atoms with Gasteiger partial charge in [-0.05, 0) is 22.2 Å². The molecular formula is C10H10BrN5OS. The summed E-state index contributed by atoms with van der Waals surface area (Å²) in [7, 11) is 3.70. The van der Waals surface area contributed by atoms with E-state index < -0.39 is 0 Å². The first-order chi connectivity index (χ1) is 8.54. The number of aromatic nitrogens is 5. The Kier molecular flexibility index (Phi) is 2.53. The Bertz CT molecular complexity index is 830. The van der Waals surface area contributed by atoms with E-state index in [1.165, 1.54) is 11.8 Å². The Morgan fingerprint density at radius 3 is 2.72 bits per heavy atom. The topological polar surface area (TPSA) is 68.5 Å². The first-order valence-corrected chi connectivity index (χ1v) is 7.21. The summed E-state index contributed by atoms with van der Waals surface area (Å²) < 4.78 is 4.29. The molecule has 0 aliphatic carbocycles. The summed E-state index contributed by atoms with van der Waals surface area (Å²) in [5.74, 6) is 0. The molecule has 0 fully saturated rings. The smallest absolute Gasteiger partial charge is 0.263 e. The van der Waals surface area contributed by atoms with Crippen LogP contribution >= 0.6 is 27.7 Å². The number of nitrogens with zero attached hydrogens (tertiary/aromatic N) is 4. The predicted octanol–water partition coefficient (Wildman–Crippen LogP) is 1.63. The van der Waals surface area contributed by atoms with Crippen LogP contribution in [0.2, 0.25) is 0 Å². The Morgan fingerprint density at radius 2 is 2.06 bits per heavy atom. The van der Waals surface area contributed by atoms with Crippen molar-refractivity contribution in [2.24, 2.45) is 14.1 Å². The van der Waals surface area contributed by atoms with E-state index in [1.807, 2.05) is 24.9 Å². The van der Waals surface area contributed by atoms with Gasteiger partial charge < -0.3 is 9.55 Å². The van der Waals surface area contributed by atoms with Crippen molar-refractivity contribution in [2.45, 2.75) is 5.16 Å². The van der Waals surface area contributed by atoms with Gasteiger partial charge >= 0.3 is 0 Å². The van der Waals surface area contributed by atoms with Crippen LogP contribution in [0.25, 0.3) is 22.1 Å². The molecule has 3 rings (SSSR count). The number of rotatable bonds is 1. The molecule has 0 saturated heterocycles. The minimum Gasteiger partial charge on any atom is -0.325 e. The van der Waals surface area contributed by atoms with Crippen molar-refractivity contribution in [1.82, 2.24) is 24.3 Å². The van der Waals surface area contributed by atoms with Crippen LogP contribution in [-0.2, 0) is 14.1 Å². The van der Waals surface area contributed by atoms with Gasteiger partial charge in [0.05, 0.1) is 0 Å². The van der Waals surface area contributed by atoms with Gasteiger partial charge in [0, 0.05) is 14.1 Å². The van der Waals surface area contributed by atoms with E-state index in [0.717, 1.165) is 11.0 Å². The number of hydrogen-bond donors (Lipinski definition) is 1. The lowest BCUT2D eigenvalue weighted by Crippen LogP contribution is -2.10. The van der Waals surface area contributed by atoms with Crippen molar-refractivity contribution >= 4 is 49.8 Å². The van der Waals surface area contributed by atoms with Gasteiger partial charge in [-0.3, -0.25) is 9.48 Å². The number of nitrogens with one attached hydrogen (secondary N) is 1. The Hall–Kier alpha value is -1.28. The molecule has 0 atom stereocenters. The number of thioether (sulfide) groups is 1. The van der Waals surface area contributed by atoms with E-state index in [0.29, 0.717) is 20.8 Å². The summed E-state index contributed by atoms with van der Waals surface area (Å²) in [5, 5.41) is 5.46. The molecular weight excluding hydrogens is 318 g/mol. The highest BCUT2D eigenvalue weighted by molar-refractivity contribution is 9.10. The molecule has 0 amide bonds. The molecule has 0 spiro atoms. The lowest BCUT2D eigenvalue weighted by atomic mass is 10.3. The Labute approximate surface area is 115 Å². The van der Waals surface area contributed by atoms with Gasteiger partial charge in [0.2, 0.25) is 0 Å². The monoisotopic (exact) mass is 327 g/mol. The maximum Gasteiger partial charge on any atom is 0.263 e. The van der Waals surface area contributed by atoms with E-state index in [9.17, 15) is 4.79 Å². The number of aryl methyl sites for hydroxylation is 2. The first kappa shape index (κ1) is 11.8. The van der Waals surface area contributed by atoms with Gasteiger partial charge in [-0.25, -0.2) is 4.98 Å². The fourth-order valence-corrected chi connectivity index (χ4v) is 3.22. The van der Waals surface area contributed by atoms with Gasteiger partial charge in [0.1, 0.15) is 16.4 Å². The van der Waals surface area contributed by atoms with Crippen molar-refractivity contribution in [3.8, 4) is 0 Å². The van der Waals surface area contributed by atoms with E-state index in [4.69, 9.17) is 0 Å². The highest BCUT2D eigenvalue weighted by Gasteiger charge is 2.20. The second kappa shape index (κ2) is 3.86. The highest BCUT2D eigenvalue weighted by atomic mass is 79.9. The van der Waals surface area contributed by atoms with E-state index >= 15 is 0 Å².